The molecule has 0 spiro atoms. The number of carbonyl (C=O) groups excluding carboxylic acids is 1. The lowest BCUT2D eigenvalue weighted by Crippen LogP contribution is -2.46. The number of benzene rings is 1. The summed E-state index contributed by atoms with van der Waals surface area (Å²) in [7, 11) is 0. The SMILES string of the molecule is Cc1ccccc1-n1nccc1NC(=O)N[C@H]1CCCC[C@@H]1O. The molecule has 1 heterocycles. The third-order valence-corrected chi connectivity index (χ3v) is 4.27. The molecule has 0 bridgehead atoms. The Morgan fingerprint density at radius 2 is 2.04 bits per heavy atom. The number of hydrogen-bond acceptors (Lipinski definition) is 3. The first kappa shape index (κ1) is 15.6. The van der Waals surface area contributed by atoms with Crippen LogP contribution in [0.25, 0.3) is 5.69 Å². The molecule has 2 amide bonds. The monoisotopic (exact) mass is 314 g/mol. The van der Waals surface area contributed by atoms with E-state index in [1.807, 2.05) is 31.2 Å². The minimum absolute atomic E-state index is 0.182. The molecule has 1 aliphatic rings. The van der Waals surface area contributed by atoms with E-state index in [9.17, 15) is 9.90 Å². The van der Waals surface area contributed by atoms with Gasteiger partial charge >= 0.3 is 6.03 Å². The van der Waals surface area contributed by atoms with E-state index in [0.717, 1.165) is 36.9 Å². The van der Waals surface area contributed by atoms with Gasteiger partial charge in [0, 0.05) is 6.07 Å². The van der Waals surface area contributed by atoms with Crippen molar-refractivity contribution in [1.82, 2.24) is 15.1 Å². The van der Waals surface area contributed by atoms with Crippen molar-refractivity contribution in [2.24, 2.45) is 0 Å². The molecular formula is C17H22N4O2. The van der Waals surface area contributed by atoms with Crippen molar-refractivity contribution < 1.29 is 9.90 Å². The largest absolute Gasteiger partial charge is 0.391 e. The van der Waals surface area contributed by atoms with Crippen molar-refractivity contribution in [2.75, 3.05) is 5.32 Å². The molecule has 0 unspecified atom stereocenters. The molecule has 122 valence electrons. The van der Waals surface area contributed by atoms with Gasteiger partial charge in [-0.3, -0.25) is 5.32 Å². The second-order valence-corrected chi connectivity index (χ2v) is 5.97. The maximum absolute atomic E-state index is 12.2. The van der Waals surface area contributed by atoms with E-state index in [1.54, 1.807) is 16.9 Å². The number of aryl methyl sites for hydroxylation is 1. The van der Waals surface area contributed by atoms with Crippen molar-refractivity contribution >= 4 is 11.8 Å². The summed E-state index contributed by atoms with van der Waals surface area (Å²) >= 11 is 0. The first-order valence-corrected chi connectivity index (χ1v) is 8.01. The van der Waals surface area contributed by atoms with Gasteiger partial charge in [-0.2, -0.15) is 5.10 Å². The topological polar surface area (TPSA) is 79.2 Å². The quantitative estimate of drug-likeness (QED) is 0.815. The summed E-state index contributed by atoms with van der Waals surface area (Å²) in [4.78, 5) is 12.2. The van der Waals surface area contributed by atoms with E-state index in [0.29, 0.717) is 5.82 Å². The summed E-state index contributed by atoms with van der Waals surface area (Å²) in [5.74, 6) is 0.599. The van der Waals surface area contributed by atoms with Gasteiger partial charge in [0.05, 0.1) is 24.0 Å². The fourth-order valence-corrected chi connectivity index (χ4v) is 2.99. The van der Waals surface area contributed by atoms with Crippen LogP contribution >= 0.6 is 0 Å². The minimum atomic E-state index is -0.462. The van der Waals surface area contributed by atoms with Gasteiger partial charge in [0.2, 0.25) is 0 Å². The molecule has 23 heavy (non-hydrogen) atoms. The van der Waals surface area contributed by atoms with Gasteiger partial charge in [-0.05, 0) is 31.4 Å². The zero-order valence-electron chi connectivity index (χ0n) is 13.2. The van der Waals surface area contributed by atoms with Gasteiger partial charge in [0.25, 0.3) is 0 Å². The average molecular weight is 314 g/mol. The smallest absolute Gasteiger partial charge is 0.320 e. The Bertz CT molecular complexity index is 683. The van der Waals surface area contributed by atoms with Gasteiger partial charge in [0.1, 0.15) is 5.82 Å². The minimum Gasteiger partial charge on any atom is -0.391 e. The van der Waals surface area contributed by atoms with E-state index < -0.39 is 6.10 Å². The number of nitrogens with zero attached hydrogens (tertiary/aromatic N) is 2. The normalized spacial score (nSPS) is 21.0. The van der Waals surface area contributed by atoms with Crippen molar-refractivity contribution in [3.05, 3.63) is 42.1 Å². The van der Waals surface area contributed by atoms with Gasteiger partial charge in [0.15, 0.2) is 0 Å². The van der Waals surface area contributed by atoms with Crippen LogP contribution in [0.1, 0.15) is 31.2 Å². The predicted octanol–water partition coefficient (Wildman–Crippen LogP) is 2.61. The molecular weight excluding hydrogens is 292 g/mol. The second kappa shape index (κ2) is 6.83. The molecule has 0 aliphatic heterocycles. The fourth-order valence-electron chi connectivity index (χ4n) is 2.99. The first-order chi connectivity index (χ1) is 11.1. The van der Waals surface area contributed by atoms with Gasteiger partial charge in [-0.15, -0.1) is 0 Å². The first-order valence-electron chi connectivity index (χ1n) is 8.01. The number of aliphatic hydroxyl groups is 1. The van der Waals surface area contributed by atoms with Gasteiger partial charge in [-0.25, -0.2) is 9.48 Å². The van der Waals surface area contributed by atoms with E-state index in [2.05, 4.69) is 15.7 Å². The predicted molar refractivity (Wildman–Crippen MR) is 88.7 cm³/mol. The molecule has 1 aromatic carbocycles. The number of nitrogens with one attached hydrogen (secondary N) is 2. The lowest BCUT2D eigenvalue weighted by molar-refractivity contribution is 0.0955. The average Bonchev–Trinajstić information content (AvgIpc) is 2.98. The maximum atomic E-state index is 12.2. The number of para-hydroxylation sites is 1. The van der Waals surface area contributed by atoms with Crippen molar-refractivity contribution in [3.8, 4) is 5.69 Å². The highest BCUT2D eigenvalue weighted by molar-refractivity contribution is 5.88. The highest BCUT2D eigenvalue weighted by Gasteiger charge is 2.24. The van der Waals surface area contributed by atoms with Crippen molar-refractivity contribution in [2.45, 2.75) is 44.8 Å². The Balaban J connectivity index is 1.70. The van der Waals surface area contributed by atoms with Crippen molar-refractivity contribution in [3.63, 3.8) is 0 Å². The van der Waals surface area contributed by atoms with Crippen LogP contribution in [0.2, 0.25) is 0 Å². The number of anilines is 1. The van der Waals surface area contributed by atoms with Crippen LogP contribution in [0.4, 0.5) is 10.6 Å². The lowest BCUT2D eigenvalue weighted by atomic mass is 9.93. The van der Waals surface area contributed by atoms with Crippen molar-refractivity contribution in [1.29, 1.82) is 0 Å². The number of amides is 2. The van der Waals surface area contributed by atoms with Gasteiger partial charge < -0.3 is 10.4 Å². The van der Waals surface area contributed by atoms with E-state index >= 15 is 0 Å². The standard InChI is InChI=1S/C17H22N4O2/c1-12-6-2-4-8-14(12)21-16(10-11-18-21)20-17(23)19-13-7-3-5-9-15(13)22/h2,4,6,8,10-11,13,15,22H,3,5,7,9H2,1H3,(H2,19,20,23)/t13-,15-/m0/s1. The highest BCUT2D eigenvalue weighted by Crippen LogP contribution is 2.20. The summed E-state index contributed by atoms with van der Waals surface area (Å²) in [6.07, 6.45) is 4.79. The molecule has 2 atom stereocenters. The number of carbonyl (C=O) groups is 1. The number of hydrogen-bond donors (Lipinski definition) is 3. The zero-order chi connectivity index (χ0) is 16.2. The highest BCUT2D eigenvalue weighted by atomic mass is 16.3. The zero-order valence-corrected chi connectivity index (χ0v) is 13.2. The summed E-state index contributed by atoms with van der Waals surface area (Å²) in [5, 5.41) is 19.9. The number of aromatic nitrogens is 2. The molecule has 6 nitrogen and oxygen atoms in total. The summed E-state index contributed by atoms with van der Waals surface area (Å²) in [6.45, 7) is 2.00. The molecule has 0 saturated heterocycles. The molecule has 0 radical (unpaired) electrons. The van der Waals surface area contributed by atoms with E-state index in [-0.39, 0.29) is 12.1 Å². The number of aliphatic hydroxyl groups excluding tert-OH is 1. The third kappa shape index (κ3) is 3.53. The fraction of sp³-hybridized carbons (Fsp3) is 0.412. The summed E-state index contributed by atoms with van der Waals surface area (Å²) < 4.78 is 1.70. The Hall–Kier alpha value is -2.34. The summed E-state index contributed by atoms with van der Waals surface area (Å²) in [5.41, 5.74) is 1.99. The van der Waals surface area contributed by atoms with E-state index in [1.165, 1.54) is 0 Å². The lowest BCUT2D eigenvalue weighted by Gasteiger charge is -2.28. The van der Waals surface area contributed by atoms with Gasteiger partial charge in [-0.1, -0.05) is 31.0 Å². The second-order valence-electron chi connectivity index (χ2n) is 5.97. The molecule has 3 rings (SSSR count). The van der Waals surface area contributed by atoms with Crippen LogP contribution in [0.5, 0.6) is 0 Å². The molecule has 1 aromatic heterocycles. The maximum Gasteiger partial charge on any atom is 0.320 e. The third-order valence-electron chi connectivity index (χ3n) is 4.27. The number of urea groups is 1. The Morgan fingerprint density at radius 3 is 2.83 bits per heavy atom. The molecule has 1 fully saturated rings. The van der Waals surface area contributed by atoms with Crippen LogP contribution in [0.15, 0.2) is 36.5 Å². The molecule has 3 N–H and O–H groups in total. The van der Waals surface area contributed by atoms with Crippen LogP contribution < -0.4 is 10.6 Å². The molecule has 2 aromatic rings. The Labute approximate surface area is 135 Å². The van der Waals surface area contributed by atoms with Crippen LogP contribution in [-0.4, -0.2) is 33.1 Å². The van der Waals surface area contributed by atoms with Crippen LogP contribution in [0.3, 0.4) is 0 Å². The molecule has 6 heteroatoms. The number of rotatable bonds is 3. The summed E-state index contributed by atoms with van der Waals surface area (Å²) in [6, 6.07) is 9.11. The van der Waals surface area contributed by atoms with Crippen LogP contribution in [0, 0.1) is 6.92 Å². The van der Waals surface area contributed by atoms with Crippen LogP contribution in [-0.2, 0) is 0 Å². The molecule has 1 aliphatic carbocycles. The Morgan fingerprint density at radius 1 is 1.26 bits per heavy atom. The Kier molecular flexibility index (Phi) is 4.62. The van der Waals surface area contributed by atoms with E-state index in [4.69, 9.17) is 0 Å². The molecule has 1 saturated carbocycles.